The lowest BCUT2D eigenvalue weighted by Crippen LogP contribution is -2.15. The molecule has 3 aromatic heterocycles. The van der Waals surface area contributed by atoms with Crippen molar-refractivity contribution in [2.45, 2.75) is 38.5 Å². The van der Waals surface area contributed by atoms with Crippen LogP contribution >= 0.6 is 0 Å². The van der Waals surface area contributed by atoms with Crippen LogP contribution in [0.3, 0.4) is 0 Å². The minimum absolute atomic E-state index is 0.235. The second kappa shape index (κ2) is 17.8. The van der Waals surface area contributed by atoms with Crippen molar-refractivity contribution in [3.8, 4) is 90.0 Å². The Bertz CT molecular complexity index is 4990. The summed E-state index contributed by atoms with van der Waals surface area (Å²) in [7, 11) is 0. The van der Waals surface area contributed by atoms with Gasteiger partial charge in [-0.05, 0) is 122 Å². The van der Waals surface area contributed by atoms with Crippen LogP contribution in [0.5, 0.6) is 0 Å². The van der Waals surface area contributed by atoms with E-state index in [2.05, 4.69) is 230 Å². The summed E-state index contributed by atoms with van der Waals surface area (Å²) in [6.45, 7) is 17.6. The van der Waals surface area contributed by atoms with Gasteiger partial charge in [-0.2, -0.15) is 0 Å². The van der Waals surface area contributed by atoms with Crippen LogP contribution in [0.4, 0.5) is 5.69 Å². The molecule has 0 atom stereocenters. The van der Waals surface area contributed by atoms with E-state index in [1.54, 1.807) is 0 Å². The summed E-state index contributed by atoms with van der Waals surface area (Å²) in [4.78, 5) is 20.0. The number of hydrogen-bond acceptors (Lipinski definition) is 3. The Kier molecular flexibility index (Phi) is 10.3. The molecular weight excluding hydrogens is 997 g/mol. The quantitative estimate of drug-likeness (QED) is 0.149. The van der Waals surface area contributed by atoms with E-state index < -0.39 is 0 Å². The molecule has 82 heavy (non-hydrogen) atoms. The van der Waals surface area contributed by atoms with Gasteiger partial charge in [0.05, 0.1) is 34.3 Å². The molecule has 2 aliphatic carbocycles. The highest BCUT2D eigenvalue weighted by molar-refractivity contribution is 6.16. The number of hydrogen-bond donors (Lipinski definition) is 0. The molecule has 0 spiro atoms. The van der Waals surface area contributed by atoms with Crippen molar-refractivity contribution in [2.24, 2.45) is 0 Å². The first-order valence-corrected chi connectivity index (χ1v) is 28.1. The van der Waals surface area contributed by atoms with Gasteiger partial charge in [-0.3, -0.25) is 0 Å². The molecule has 14 aromatic rings. The maximum absolute atomic E-state index is 8.07. The van der Waals surface area contributed by atoms with Crippen molar-refractivity contribution in [1.29, 1.82) is 0 Å². The third kappa shape index (κ3) is 6.90. The molecule has 0 amide bonds. The maximum atomic E-state index is 8.07. The van der Waals surface area contributed by atoms with E-state index in [-0.39, 0.29) is 10.8 Å². The van der Waals surface area contributed by atoms with E-state index in [1.807, 2.05) is 54.6 Å². The molecule has 2 aliphatic rings. The summed E-state index contributed by atoms with van der Waals surface area (Å²) < 4.78 is 4.94. The average Bonchev–Trinajstić information content (AvgIpc) is 4.35. The number of nitrogens with zero attached hydrogens (tertiary/aromatic N) is 6. The zero-order valence-electron chi connectivity index (χ0n) is 45.8. The van der Waals surface area contributed by atoms with E-state index in [0.29, 0.717) is 23.2 Å². The summed E-state index contributed by atoms with van der Waals surface area (Å²) in [5, 5.41) is 4.93. The molecular formula is C76H52N6. The topological polar surface area (TPSA) is 52.9 Å². The summed E-state index contributed by atoms with van der Waals surface area (Å²) in [6, 6.07) is 87.0. The largest absolute Gasteiger partial charge is 0.309 e. The predicted molar refractivity (Wildman–Crippen MR) is 337 cm³/mol. The van der Waals surface area contributed by atoms with E-state index in [4.69, 9.17) is 21.5 Å². The van der Waals surface area contributed by atoms with E-state index in [9.17, 15) is 0 Å². The lowest BCUT2D eigenvalue weighted by molar-refractivity contribution is 0.666. The normalized spacial score (nSPS) is 13.5. The average molecular weight is 1050 g/mol. The van der Waals surface area contributed by atoms with Crippen LogP contribution in [-0.4, -0.2) is 24.1 Å². The zero-order chi connectivity index (χ0) is 55.0. The maximum Gasteiger partial charge on any atom is 0.187 e. The SMILES string of the molecule is [C-]#[N+]c1cccc(-c2ccc(-n3c4ccccc4c4c5c(ccc43)-c3ccccc3C5(C)C)c(-c3cc(-n4c5ccccc5c5c6c(ccc54)-c4ccccc4C6(C)C)ccc3-c3nc(-c4ccccc4)nc(-c4ccccc4)n3)c2)c1. The third-order valence-electron chi connectivity index (χ3n) is 17.7. The van der Waals surface area contributed by atoms with E-state index in [0.717, 1.165) is 72.4 Å². The molecule has 0 unspecified atom stereocenters. The molecule has 386 valence electrons. The molecule has 0 N–H and O–H groups in total. The number of benzene rings is 11. The zero-order valence-corrected chi connectivity index (χ0v) is 45.8. The van der Waals surface area contributed by atoms with E-state index >= 15 is 0 Å². The fraction of sp³-hybridized carbons (Fsp3) is 0.0789. The van der Waals surface area contributed by atoms with Gasteiger partial charge >= 0.3 is 0 Å². The molecule has 0 saturated heterocycles. The molecule has 0 fully saturated rings. The second-order valence-corrected chi connectivity index (χ2v) is 23.0. The van der Waals surface area contributed by atoms with Crippen molar-refractivity contribution in [2.75, 3.05) is 0 Å². The van der Waals surface area contributed by atoms with Crippen molar-refractivity contribution < 1.29 is 0 Å². The lowest BCUT2D eigenvalue weighted by atomic mass is 9.80. The van der Waals surface area contributed by atoms with Crippen molar-refractivity contribution in [3.63, 3.8) is 0 Å². The lowest BCUT2D eigenvalue weighted by Gasteiger charge is -2.23. The number of para-hydroxylation sites is 2. The molecule has 6 nitrogen and oxygen atoms in total. The first kappa shape index (κ1) is 47.5. The highest BCUT2D eigenvalue weighted by Crippen LogP contribution is 2.56. The molecule has 0 aliphatic heterocycles. The van der Waals surface area contributed by atoms with Gasteiger partial charge in [0.1, 0.15) is 0 Å². The number of fused-ring (bicyclic) bond motifs is 14. The minimum Gasteiger partial charge on any atom is -0.309 e. The fourth-order valence-corrected chi connectivity index (χ4v) is 14.1. The van der Waals surface area contributed by atoms with E-state index in [1.165, 1.54) is 66.1 Å². The Morgan fingerprint density at radius 3 is 1.43 bits per heavy atom. The van der Waals surface area contributed by atoms with Crippen molar-refractivity contribution in [1.82, 2.24) is 24.1 Å². The van der Waals surface area contributed by atoms with Crippen LogP contribution in [0.2, 0.25) is 0 Å². The molecule has 3 heterocycles. The smallest absolute Gasteiger partial charge is 0.187 e. The Balaban J connectivity index is 1.03. The molecule has 11 aromatic carbocycles. The van der Waals surface area contributed by atoms with Gasteiger partial charge in [0, 0.05) is 60.3 Å². The number of rotatable bonds is 7. The van der Waals surface area contributed by atoms with Crippen LogP contribution in [0.15, 0.2) is 243 Å². The van der Waals surface area contributed by atoms with Crippen LogP contribution in [0, 0.1) is 6.57 Å². The Hall–Kier alpha value is -10.5. The third-order valence-corrected chi connectivity index (χ3v) is 17.7. The molecule has 0 bridgehead atoms. The predicted octanol–water partition coefficient (Wildman–Crippen LogP) is 19.6. The van der Waals surface area contributed by atoms with Crippen LogP contribution in [0.1, 0.15) is 49.9 Å². The highest BCUT2D eigenvalue weighted by Gasteiger charge is 2.40. The van der Waals surface area contributed by atoms with Gasteiger partial charge in [0.2, 0.25) is 0 Å². The second-order valence-electron chi connectivity index (χ2n) is 23.0. The summed E-state index contributed by atoms with van der Waals surface area (Å²) in [5.74, 6) is 1.73. The first-order chi connectivity index (χ1) is 40.2. The van der Waals surface area contributed by atoms with Gasteiger partial charge in [-0.15, -0.1) is 0 Å². The van der Waals surface area contributed by atoms with Gasteiger partial charge in [-0.25, -0.2) is 19.8 Å². The number of aromatic nitrogens is 5. The summed E-state index contributed by atoms with van der Waals surface area (Å²) in [5.41, 5.74) is 23.7. The Morgan fingerprint density at radius 1 is 0.341 bits per heavy atom. The van der Waals surface area contributed by atoms with Crippen molar-refractivity contribution in [3.05, 3.63) is 276 Å². The van der Waals surface area contributed by atoms with Crippen LogP contribution in [-0.2, 0) is 10.8 Å². The minimum atomic E-state index is -0.255. The van der Waals surface area contributed by atoms with Crippen LogP contribution < -0.4 is 0 Å². The fourth-order valence-electron chi connectivity index (χ4n) is 14.1. The van der Waals surface area contributed by atoms with Gasteiger partial charge in [0.25, 0.3) is 0 Å². The van der Waals surface area contributed by atoms with Crippen LogP contribution in [0.25, 0.3) is 139 Å². The Labute approximate surface area is 475 Å². The molecule has 16 rings (SSSR count). The molecule has 6 heteroatoms. The highest BCUT2D eigenvalue weighted by atomic mass is 15.0. The van der Waals surface area contributed by atoms with Crippen molar-refractivity contribution >= 4 is 49.3 Å². The molecule has 0 radical (unpaired) electrons. The standard InChI is InChI=1S/C76H52N6/c1-75(2)61-31-16-12-27-52(61)54-38-41-66-68(70(54)75)57-29-14-18-33-63(57)81(66)51-36-37-56(74-79-72(46-21-8-6-9-22-46)78-73(80-74)47-23-10-7-11-24-47)59(45-51)60-44-49(48-25-20-26-50(43-48)77-5)35-40-65(60)82-64-34-19-15-30-58(64)69-67(82)42-39-55-53-28-13-17-32-62(53)76(3,4)71(55)69/h6-45H,1-4H3. The Morgan fingerprint density at radius 2 is 0.829 bits per heavy atom. The summed E-state index contributed by atoms with van der Waals surface area (Å²) in [6.07, 6.45) is 0. The van der Waals surface area contributed by atoms with Gasteiger partial charge < -0.3 is 9.13 Å². The van der Waals surface area contributed by atoms with Gasteiger partial charge in [-0.1, -0.05) is 210 Å². The summed E-state index contributed by atoms with van der Waals surface area (Å²) >= 11 is 0. The first-order valence-electron chi connectivity index (χ1n) is 28.1. The molecule has 0 saturated carbocycles. The van der Waals surface area contributed by atoms with Gasteiger partial charge in [0.15, 0.2) is 23.2 Å². The monoisotopic (exact) mass is 1050 g/mol.